The summed E-state index contributed by atoms with van der Waals surface area (Å²) in [4.78, 5) is 7.62. The molecular formula is C30H63N3O. The van der Waals surface area contributed by atoms with Gasteiger partial charge in [0.1, 0.15) is 0 Å². The summed E-state index contributed by atoms with van der Waals surface area (Å²) in [6, 6.07) is 0.675. The second-order valence-corrected chi connectivity index (χ2v) is 11.9. The van der Waals surface area contributed by atoms with Crippen LogP contribution in [0.4, 0.5) is 0 Å². The maximum atomic E-state index is 9.45. The van der Waals surface area contributed by atoms with Crippen LogP contribution in [0.2, 0.25) is 0 Å². The Bertz CT molecular complexity index is 440. The van der Waals surface area contributed by atoms with Gasteiger partial charge in [-0.15, -0.1) is 0 Å². The van der Waals surface area contributed by atoms with Gasteiger partial charge in [0.2, 0.25) is 0 Å². The highest BCUT2D eigenvalue weighted by molar-refractivity contribution is 4.74. The third-order valence-electron chi connectivity index (χ3n) is 8.33. The van der Waals surface area contributed by atoms with Crippen LogP contribution in [0.15, 0.2) is 0 Å². The normalized spacial score (nSPS) is 19.2. The maximum absolute atomic E-state index is 9.45. The summed E-state index contributed by atoms with van der Waals surface area (Å²) in [5.41, 5.74) is 0. The topological polar surface area (TPSA) is 30.0 Å². The van der Waals surface area contributed by atoms with E-state index in [0.29, 0.717) is 6.04 Å². The molecule has 0 bridgehead atoms. The summed E-state index contributed by atoms with van der Waals surface area (Å²) in [7, 11) is 2.22. The standard InChI is InChI=1S/C16H34N2O.C14H29N/c1-15(2)17(3)11-7-5-4-6-8-12-18-13-9-16(19)10-14-18;1-4-5-6-7-10-15-11-8-14(9-12-15)13(2)3/h15-16,19H,4-14H2,1-3H3;13-14H,4-12H2,1-3H3. The molecule has 0 saturated carbocycles. The van der Waals surface area contributed by atoms with Crippen molar-refractivity contribution in [2.24, 2.45) is 11.8 Å². The summed E-state index contributed by atoms with van der Waals surface area (Å²) >= 11 is 0. The van der Waals surface area contributed by atoms with Crippen molar-refractivity contribution < 1.29 is 5.11 Å². The van der Waals surface area contributed by atoms with E-state index in [0.717, 1.165) is 37.8 Å². The number of aliphatic hydroxyl groups excluding tert-OH is 1. The molecule has 2 saturated heterocycles. The monoisotopic (exact) mass is 481 g/mol. The summed E-state index contributed by atoms with van der Waals surface area (Å²) < 4.78 is 0. The van der Waals surface area contributed by atoms with Crippen LogP contribution in [0.25, 0.3) is 0 Å². The zero-order valence-electron chi connectivity index (χ0n) is 24.2. The van der Waals surface area contributed by atoms with E-state index in [1.54, 1.807) is 0 Å². The molecule has 2 aliphatic heterocycles. The van der Waals surface area contributed by atoms with Gasteiger partial charge >= 0.3 is 0 Å². The molecule has 4 heteroatoms. The molecule has 0 aromatic carbocycles. The quantitative estimate of drug-likeness (QED) is 0.265. The summed E-state index contributed by atoms with van der Waals surface area (Å²) in [6.07, 6.45) is 17.2. The van der Waals surface area contributed by atoms with Gasteiger partial charge in [0.05, 0.1) is 6.10 Å². The molecule has 4 nitrogen and oxygen atoms in total. The van der Waals surface area contributed by atoms with E-state index in [9.17, 15) is 5.11 Å². The van der Waals surface area contributed by atoms with E-state index in [1.165, 1.54) is 103 Å². The van der Waals surface area contributed by atoms with Gasteiger partial charge in [-0.3, -0.25) is 0 Å². The fraction of sp³-hybridized carbons (Fsp3) is 1.00. The van der Waals surface area contributed by atoms with Crippen molar-refractivity contribution in [1.82, 2.24) is 14.7 Å². The van der Waals surface area contributed by atoms with Gasteiger partial charge in [-0.25, -0.2) is 0 Å². The fourth-order valence-corrected chi connectivity index (χ4v) is 5.23. The Labute approximate surface area is 214 Å². The Morgan fingerprint density at radius 3 is 1.68 bits per heavy atom. The van der Waals surface area contributed by atoms with Crippen molar-refractivity contribution in [3.8, 4) is 0 Å². The van der Waals surface area contributed by atoms with Gasteiger partial charge in [0, 0.05) is 19.1 Å². The Balaban J connectivity index is 0.000000350. The minimum atomic E-state index is -0.0332. The molecule has 0 spiro atoms. The summed E-state index contributed by atoms with van der Waals surface area (Å²) in [5.74, 6) is 1.89. The highest BCUT2D eigenvalue weighted by Crippen LogP contribution is 2.24. The molecule has 34 heavy (non-hydrogen) atoms. The van der Waals surface area contributed by atoms with Gasteiger partial charge in [-0.2, -0.15) is 0 Å². The summed E-state index contributed by atoms with van der Waals surface area (Å²) in [5, 5.41) is 9.45. The molecule has 2 rings (SSSR count). The van der Waals surface area contributed by atoms with Gasteiger partial charge in [0.25, 0.3) is 0 Å². The van der Waals surface area contributed by atoms with E-state index in [4.69, 9.17) is 0 Å². The van der Waals surface area contributed by atoms with Crippen molar-refractivity contribution in [2.45, 2.75) is 130 Å². The van der Waals surface area contributed by atoms with E-state index in [-0.39, 0.29) is 6.10 Å². The van der Waals surface area contributed by atoms with Crippen molar-refractivity contribution in [1.29, 1.82) is 0 Å². The van der Waals surface area contributed by atoms with Crippen molar-refractivity contribution >= 4 is 0 Å². The van der Waals surface area contributed by atoms with Crippen LogP contribution in [0.1, 0.15) is 118 Å². The number of nitrogens with zero attached hydrogens (tertiary/aromatic N) is 3. The van der Waals surface area contributed by atoms with Gasteiger partial charge < -0.3 is 19.8 Å². The number of aliphatic hydroxyl groups is 1. The first-order chi connectivity index (χ1) is 16.3. The minimum absolute atomic E-state index is 0.0332. The molecule has 0 aromatic heterocycles. The summed E-state index contributed by atoms with van der Waals surface area (Å²) in [6.45, 7) is 20.3. The van der Waals surface area contributed by atoms with Crippen molar-refractivity contribution in [2.75, 3.05) is 52.9 Å². The van der Waals surface area contributed by atoms with Gasteiger partial charge in [0.15, 0.2) is 0 Å². The van der Waals surface area contributed by atoms with E-state index in [1.807, 2.05) is 0 Å². The lowest BCUT2D eigenvalue weighted by Crippen LogP contribution is -2.36. The molecule has 0 atom stereocenters. The molecule has 204 valence electrons. The molecule has 2 heterocycles. The molecule has 0 radical (unpaired) electrons. The van der Waals surface area contributed by atoms with Crippen LogP contribution in [-0.4, -0.2) is 84.8 Å². The Morgan fingerprint density at radius 1 is 0.706 bits per heavy atom. The van der Waals surface area contributed by atoms with Crippen LogP contribution in [0.3, 0.4) is 0 Å². The molecule has 2 fully saturated rings. The highest BCUT2D eigenvalue weighted by atomic mass is 16.3. The third-order valence-corrected chi connectivity index (χ3v) is 8.33. The average Bonchev–Trinajstić information content (AvgIpc) is 2.83. The zero-order chi connectivity index (χ0) is 25.2. The SMILES string of the molecule is CC(C)N(C)CCCCCCCN1CCC(O)CC1.CCCCCCN1CCC(C(C)C)CC1. The van der Waals surface area contributed by atoms with Crippen LogP contribution in [-0.2, 0) is 0 Å². The maximum Gasteiger partial charge on any atom is 0.0564 e. The number of piperidine rings is 2. The zero-order valence-corrected chi connectivity index (χ0v) is 24.2. The number of hydrogen-bond acceptors (Lipinski definition) is 4. The van der Waals surface area contributed by atoms with E-state index in [2.05, 4.69) is 56.4 Å². The van der Waals surface area contributed by atoms with Crippen molar-refractivity contribution in [3.05, 3.63) is 0 Å². The molecule has 0 aliphatic carbocycles. The minimum Gasteiger partial charge on any atom is -0.393 e. The average molecular weight is 482 g/mol. The third kappa shape index (κ3) is 15.8. The Hall–Kier alpha value is -0.160. The first-order valence-corrected chi connectivity index (χ1v) is 15.2. The molecule has 0 amide bonds. The predicted octanol–water partition coefficient (Wildman–Crippen LogP) is 6.67. The second-order valence-electron chi connectivity index (χ2n) is 11.9. The van der Waals surface area contributed by atoms with Crippen LogP contribution in [0, 0.1) is 11.8 Å². The lowest BCUT2D eigenvalue weighted by molar-refractivity contribution is 0.0817. The van der Waals surface area contributed by atoms with Gasteiger partial charge in [-0.1, -0.05) is 59.3 Å². The molecule has 0 unspecified atom stereocenters. The van der Waals surface area contributed by atoms with Crippen molar-refractivity contribution in [3.63, 3.8) is 0 Å². The number of likely N-dealkylation sites (tertiary alicyclic amines) is 2. The molecule has 1 N–H and O–H groups in total. The Kier molecular flexibility index (Phi) is 18.7. The fourth-order valence-electron chi connectivity index (χ4n) is 5.23. The van der Waals surface area contributed by atoms with E-state index >= 15 is 0 Å². The molecular weight excluding hydrogens is 418 g/mol. The van der Waals surface area contributed by atoms with Gasteiger partial charge in [-0.05, 0) is 110 Å². The highest BCUT2D eigenvalue weighted by Gasteiger charge is 2.20. The first kappa shape index (κ1) is 31.9. The lowest BCUT2D eigenvalue weighted by Gasteiger charge is -2.33. The molecule has 2 aliphatic rings. The largest absolute Gasteiger partial charge is 0.393 e. The number of rotatable bonds is 15. The van der Waals surface area contributed by atoms with Crippen LogP contribution < -0.4 is 0 Å². The lowest BCUT2D eigenvalue weighted by atomic mass is 9.87. The number of hydrogen-bond donors (Lipinski definition) is 1. The molecule has 0 aromatic rings. The smallest absolute Gasteiger partial charge is 0.0564 e. The van der Waals surface area contributed by atoms with Crippen LogP contribution in [0.5, 0.6) is 0 Å². The second kappa shape index (κ2) is 20.0. The number of unbranched alkanes of at least 4 members (excludes halogenated alkanes) is 7. The Morgan fingerprint density at radius 2 is 1.18 bits per heavy atom. The van der Waals surface area contributed by atoms with E-state index < -0.39 is 0 Å². The predicted molar refractivity (Wildman–Crippen MR) is 151 cm³/mol. The van der Waals surface area contributed by atoms with Crippen LogP contribution >= 0.6 is 0 Å². The first-order valence-electron chi connectivity index (χ1n) is 15.2.